The van der Waals surface area contributed by atoms with Crippen molar-refractivity contribution in [2.24, 2.45) is 11.7 Å². The molecule has 0 aliphatic carbocycles. The quantitative estimate of drug-likeness (QED) is 0.570. The summed E-state index contributed by atoms with van der Waals surface area (Å²) in [6.07, 6.45) is 5.34. The van der Waals surface area contributed by atoms with Crippen molar-refractivity contribution in [2.45, 2.75) is 32.1 Å². The van der Waals surface area contributed by atoms with Crippen LogP contribution in [0.5, 0.6) is 0 Å². The maximum Gasteiger partial charge on any atom is 0.217 e. The second kappa shape index (κ2) is 6.60. The second-order valence-corrected chi connectivity index (χ2v) is 6.10. The Labute approximate surface area is 87.8 Å². The Bertz CT molecular complexity index is 158. The minimum atomic E-state index is -0.159. The zero-order valence-corrected chi connectivity index (χ0v) is 9.46. The fourth-order valence-electron chi connectivity index (χ4n) is 1.46. The van der Waals surface area contributed by atoms with Crippen LogP contribution in [0.2, 0.25) is 0 Å². The van der Waals surface area contributed by atoms with Crippen molar-refractivity contribution < 1.29 is 4.79 Å². The van der Waals surface area contributed by atoms with Crippen molar-refractivity contribution in [3.8, 4) is 0 Å². The van der Waals surface area contributed by atoms with Gasteiger partial charge in [0, 0.05) is 17.9 Å². The van der Waals surface area contributed by atoms with Gasteiger partial charge in [-0.3, -0.25) is 4.79 Å². The first kappa shape index (κ1) is 11.2. The highest BCUT2D eigenvalue weighted by atomic mass is 33.1. The molecule has 0 saturated carbocycles. The number of rotatable bonds is 5. The van der Waals surface area contributed by atoms with E-state index in [1.807, 2.05) is 21.6 Å². The number of nitrogens with two attached hydrogens (primary N) is 1. The molecule has 1 unspecified atom stereocenters. The van der Waals surface area contributed by atoms with E-state index in [2.05, 4.69) is 0 Å². The topological polar surface area (TPSA) is 43.1 Å². The molecule has 0 radical (unpaired) electrons. The minimum Gasteiger partial charge on any atom is -0.370 e. The molecule has 76 valence electrons. The van der Waals surface area contributed by atoms with Gasteiger partial charge in [-0.2, -0.15) is 0 Å². The Kier molecular flexibility index (Phi) is 5.71. The normalized spacial score (nSPS) is 22.9. The monoisotopic (exact) mass is 219 g/mol. The van der Waals surface area contributed by atoms with Crippen molar-refractivity contribution in [3.05, 3.63) is 0 Å². The summed E-state index contributed by atoms with van der Waals surface area (Å²) < 4.78 is 0. The first-order valence-corrected chi connectivity index (χ1v) is 7.30. The molecule has 1 rings (SSSR count). The van der Waals surface area contributed by atoms with E-state index in [0.717, 1.165) is 12.3 Å². The van der Waals surface area contributed by atoms with Crippen molar-refractivity contribution in [1.29, 1.82) is 0 Å². The maximum absolute atomic E-state index is 10.5. The Morgan fingerprint density at radius 2 is 2.23 bits per heavy atom. The van der Waals surface area contributed by atoms with Gasteiger partial charge in [-0.1, -0.05) is 28.0 Å². The van der Waals surface area contributed by atoms with Gasteiger partial charge in [0.15, 0.2) is 0 Å². The van der Waals surface area contributed by atoms with Crippen LogP contribution < -0.4 is 5.73 Å². The van der Waals surface area contributed by atoms with Gasteiger partial charge >= 0.3 is 0 Å². The third-order valence-corrected chi connectivity index (χ3v) is 4.87. The van der Waals surface area contributed by atoms with Gasteiger partial charge in [-0.25, -0.2) is 0 Å². The number of carbonyl (C=O) groups excluding carboxylic acids is 1. The Hall–Kier alpha value is 0.170. The van der Waals surface area contributed by atoms with Gasteiger partial charge in [-0.05, 0) is 25.2 Å². The molecule has 4 heteroatoms. The summed E-state index contributed by atoms with van der Waals surface area (Å²) in [4.78, 5) is 10.5. The molecule has 1 heterocycles. The van der Waals surface area contributed by atoms with Crippen LogP contribution in [0, 0.1) is 5.92 Å². The van der Waals surface area contributed by atoms with Crippen LogP contribution in [0.4, 0.5) is 0 Å². The molecule has 0 spiro atoms. The third-order valence-electron chi connectivity index (χ3n) is 2.28. The van der Waals surface area contributed by atoms with Crippen LogP contribution in [0.25, 0.3) is 0 Å². The third kappa shape index (κ3) is 5.47. The standard InChI is InChI=1S/C9H17NOS2/c10-9(11)4-2-1-3-8-5-6-12-13-7-8/h8H,1-7H2,(H2,10,11). The number of amides is 1. The molecule has 1 atom stereocenters. The summed E-state index contributed by atoms with van der Waals surface area (Å²) >= 11 is 0. The molecule has 1 fully saturated rings. The summed E-state index contributed by atoms with van der Waals surface area (Å²) in [6.45, 7) is 0. The average Bonchev–Trinajstić information content (AvgIpc) is 2.14. The molecule has 0 aromatic carbocycles. The molecular formula is C9H17NOS2. The lowest BCUT2D eigenvalue weighted by Gasteiger charge is -2.19. The zero-order valence-electron chi connectivity index (χ0n) is 7.83. The van der Waals surface area contributed by atoms with Crippen molar-refractivity contribution >= 4 is 27.5 Å². The summed E-state index contributed by atoms with van der Waals surface area (Å²) in [5, 5.41) is 0. The Morgan fingerprint density at radius 3 is 2.85 bits per heavy atom. The van der Waals surface area contributed by atoms with Crippen LogP contribution in [0.15, 0.2) is 0 Å². The predicted octanol–water partition coefficient (Wildman–Crippen LogP) is 2.43. The number of primary amides is 1. The van der Waals surface area contributed by atoms with Crippen LogP contribution in [-0.2, 0) is 4.79 Å². The zero-order chi connectivity index (χ0) is 9.52. The van der Waals surface area contributed by atoms with Crippen molar-refractivity contribution in [2.75, 3.05) is 11.5 Å². The number of carbonyl (C=O) groups is 1. The smallest absolute Gasteiger partial charge is 0.217 e. The Balaban J connectivity index is 1.95. The van der Waals surface area contributed by atoms with Crippen molar-refractivity contribution in [3.63, 3.8) is 0 Å². The van der Waals surface area contributed by atoms with E-state index < -0.39 is 0 Å². The van der Waals surface area contributed by atoms with E-state index in [1.165, 1.54) is 30.8 Å². The van der Waals surface area contributed by atoms with E-state index in [4.69, 9.17) is 5.73 Å². The van der Waals surface area contributed by atoms with E-state index in [0.29, 0.717) is 6.42 Å². The molecule has 0 aromatic heterocycles. The van der Waals surface area contributed by atoms with Gasteiger partial charge in [-0.15, -0.1) is 0 Å². The highest BCUT2D eigenvalue weighted by Crippen LogP contribution is 2.34. The first-order valence-electron chi connectivity index (χ1n) is 4.82. The number of hydrogen-bond acceptors (Lipinski definition) is 3. The van der Waals surface area contributed by atoms with Gasteiger partial charge < -0.3 is 5.73 Å². The largest absolute Gasteiger partial charge is 0.370 e. The van der Waals surface area contributed by atoms with E-state index in [-0.39, 0.29) is 5.91 Å². The molecule has 1 amide bonds. The van der Waals surface area contributed by atoms with E-state index >= 15 is 0 Å². The van der Waals surface area contributed by atoms with Gasteiger partial charge in [0.05, 0.1) is 0 Å². The van der Waals surface area contributed by atoms with Gasteiger partial charge in [0.2, 0.25) is 5.91 Å². The molecule has 1 saturated heterocycles. The lowest BCUT2D eigenvalue weighted by molar-refractivity contribution is -0.118. The molecule has 0 bridgehead atoms. The maximum atomic E-state index is 10.5. The second-order valence-electron chi connectivity index (χ2n) is 3.47. The van der Waals surface area contributed by atoms with E-state index in [1.54, 1.807) is 0 Å². The molecule has 0 aromatic rings. The van der Waals surface area contributed by atoms with Crippen LogP contribution in [0.3, 0.4) is 0 Å². The van der Waals surface area contributed by atoms with Gasteiger partial charge in [0.1, 0.15) is 0 Å². The minimum absolute atomic E-state index is 0.159. The van der Waals surface area contributed by atoms with Crippen LogP contribution in [0.1, 0.15) is 32.1 Å². The summed E-state index contributed by atoms with van der Waals surface area (Å²) in [7, 11) is 3.98. The predicted molar refractivity (Wildman–Crippen MR) is 60.7 cm³/mol. The lowest BCUT2D eigenvalue weighted by atomic mass is 10.0. The number of unbranched alkanes of at least 4 members (excludes halogenated alkanes) is 1. The lowest BCUT2D eigenvalue weighted by Crippen LogP contribution is -2.11. The fourth-order valence-corrected chi connectivity index (χ4v) is 4.14. The molecule has 1 aliphatic heterocycles. The Morgan fingerprint density at radius 1 is 1.38 bits per heavy atom. The molecular weight excluding hydrogens is 202 g/mol. The highest BCUT2D eigenvalue weighted by Gasteiger charge is 2.13. The SMILES string of the molecule is NC(=O)CCCCC1CCSSC1. The first-order chi connectivity index (χ1) is 6.29. The van der Waals surface area contributed by atoms with E-state index in [9.17, 15) is 4.79 Å². The van der Waals surface area contributed by atoms with Crippen molar-refractivity contribution in [1.82, 2.24) is 0 Å². The molecule has 2 nitrogen and oxygen atoms in total. The van der Waals surface area contributed by atoms with Crippen LogP contribution >= 0.6 is 21.6 Å². The summed E-state index contributed by atoms with van der Waals surface area (Å²) in [5.74, 6) is 3.32. The highest BCUT2D eigenvalue weighted by molar-refractivity contribution is 8.76. The van der Waals surface area contributed by atoms with Gasteiger partial charge in [0.25, 0.3) is 0 Å². The number of hydrogen-bond donors (Lipinski definition) is 1. The molecule has 13 heavy (non-hydrogen) atoms. The average molecular weight is 219 g/mol. The fraction of sp³-hybridized carbons (Fsp3) is 0.889. The van der Waals surface area contributed by atoms with Crippen LogP contribution in [-0.4, -0.2) is 17.4 Å². The molecule has 1 aliphatic rings. The summed E-state index contributed by atoms with van der Waals surface area (Å²) in [5.41, 5.74) is 5.07. The molecule has 2 N–H and O–H groups in total. The summed E-state index contributed by atoms with van der Waals surface area (Å²) in [6, 6.07) is 0.